The first-order chi connectivity index (χ1) is 23.5. The Balaban J connectivity index is 0.000000684. The molecule has 1 N–H and O–H groups in total. The Hall–Kier alpha value is -3.37. The van der Waals surface area contributed by atoms with E-state index in [0.717, 1.165) is 25.2 Å². The highest BCUT2D eigenvalue weighted by Crippen LogP contribution is 2.30. The second-order valence-electron chi connectivity index (χ2n) is 15.9. The van der Waals surface area contributed by atoms with E-state index >= 15 is 0 Å². The number of nitrogens with one attached hydrogen (secondary N) is 1. The molecule has 2 amide bonds. The van der Waals surface area contributed by atoms with Gasteiger partial charge in [-0.15, -0.1) is 0 Å². The van der Waals surface area contributed by atoms with Crippen molar-refractivity contribution >= 4 is 23.9 Å². The van der Waals surface area contributed by atoms with Crippen molar-refractivity contribution in [3.8, 4) is 0 Å². The van der Waals surface area contributed by atoms with E-state index < -0.39 is 0 Å². The summed E-state index contributed by atoms with van der Waals surface area (Å²) in [5.74, 6) is 1.61. The summed E-state index contributed by atoms with van der Waals surface area (Å²) in [4.78, 5) is 51.6. The van der Waals surface area contributed by atoms with Gasteiger partial charge in [0.25, 0.3) is 0 Å². The average Bonchev–Trinajstić information content (AvgIpc) is 3.09. The van der Waals surface area contributed by atoms with Crippen LogP contribution in [-0.4, -0.2) is 90.5 Å². The molecular formula is C40H65N5O5. The third-order valence-corrected chi connectivity index (χ3v) is 8.99. The van der Waals surface area contributed by atoms with Crippen LogP contribution in [0.25, 0.3) is 0 Å². The van der Waals surface area contributed by atoms with Gasteiger partial charge in [0.05, 0.1) is 17.1 Å². The van der Waals surface area contributed by atoms with Crippen molar-refractivity contribution in [3.05, 3.63) is 53.0 Å². The first kappa shape index (κ1) is 42.8. The minimum Gasteiger partial charge on any atom is -0.385 e. The number of benzene rings is 1. The van der Waals surface area contributed by atoms with Crippen molar-refractivity contribution in [1.29, 1.82) is 0 Å². The molecule has 1 fully saturated rings. The number of amides is 2. The van der Waals surface area contributed by atoms with Crippen molar-refractivity contribution in [2.45, 2.75) is 112 Å². The quantitative estimate of drug-likeness (QED) is 0.153. The Morgan fingerprint density at radius 2 is 1.70 bits per heavy atom. The van der Waals surface area contributed by atoms with E-state index in [1.54, 1.807) is 25.3 Å². The molecule has 1 saturated heterocycles. The summed E-state index contributed by atoms with van der Waals surface area (Å²) in [5, 5.41) is 3.30. The van der Waals surface area contributed by atoms with Gasteiger partial charge in [0.15, 0.2) is 5.78 Å². The van der Waals surface area contributed by atoms with Gasteiger partial charge in [0.2, 0.25) is 12.3 Å². The smallest absolute Gasteiger partial charge is 0.227 e. The zero-order valence-corrected chi connectivity index (χ0v) is 32.8. The van der Waals surface area contributed by atoms with Gasteiger partial charge in [-0.25, -0.2) is 9.97 Å². The number of hydrogen-bond donors (Lipinski definition) is 1. The van der Waals surface area contributed by atoms with E-state index in [1.807, 2.05) is 58.6 Å². The van der Waals surface area contributed by atoms with Gasteiger partial charge in [0.1, 0.15) is 11.6 Å². The molecule has 10 heteroatoms. The Kier molecular flexibility index (Phi) is 17.5. The molecule has 3 heterocycles. The number of nitrogens with zero attached hydrogens (tertiary/aromatic N) is 4. The van der Waals surface area contributed by atoms with Gasteiger partial charge >= 0.3 is 0 Å². The summed E-state index contributed by atoms with van der Waals surface area (Å²) >= 11 is 0. The van der Waals surface area contributed by atoms with Crippen molar-refractivity contribution in [2.24, 2.45) is 17.8 Å². The second-order valence-corrected chi connectivity index (χ2v) is 15.9. The zero-order chi connectivity index (χ0) is 37.5. The van der Waals surface area contributed by atoms with Gasteiger partial charge < -0.3 is 24.6 Å². The molecule has 0 spiro atoms. The van der Waals surface area contributed by atoms with E-state index in [-0.39, 0.29) is 41.0 Å². The summed E-state index contributed by atoms with van der Waals surface area (Å²) in [6.45, 7) is 22.1. The largest absolute Gasteiger partial charge is 0.385 e. The molecule has 0 bridgehead atoms. The standard InChI is InChI=1S/C30H41N5O4.C5H12O.C5H12/c1-30(2,3)29-32-16-25(27(33-29)31-11-7-13-39-4)26(37)15-21-14-24(18-34(17-21)20-36)28(38)35-12-10-22-8-5-6-9-23(22)19-35;1-5(2,3)6-4;1-4-5(2)3/h5-6,8-9,16,20-21,24H,7,10-15,17-19H2,1-4H3,(H,31,32,33);1-4H3;5H,4H2,1-3H3. The highest BCUT2D eigenvalue weighted by molar-refractivity contribution is 6.00. The fourth-order valence-corrected chi connectivity index (χ4v) is 5.47. The summed E-state index contributed by atoms with van der Waals surface area (Å²) in [7, 11) is 3.37. The van der Waals surface area contributed by atoms with Crippen LogP contribution >= 0.6 is 0 Å². The first-order valence-electron chi connectivity index (χ1n) is 18.3. The summed E-state index contributed by atoms with van der Waals surface area (Å²) in [6, 6.07) is 8.22. The molecule has 2 atom stereocenters. The van der Waals surface area contributed by atoms with Gasteiger partial charge in [0, 0.05) is 71.6 Å². The summed E-state index contributed by atoms with van der Waals surface area (Å²) in [6.07, 6.45) is 6.13. The number of piperidine rings is 1. The topological polar surface area (TPSA) is 114 Å². The summed E-state index contributed by atoms with van der Waals surface area (Å²) in [5.41, 5.74) is 2.69. The van der Waals surface area contributed by atoms with E-state index in [2.05, 4.69) is 43.2 Å². The third kappa shape index (κ3) is 14.5. The van der Waals surface area contributed by atoms with Crippen LogP contribution in [0.15, 0.2) is 30.5 Å². The molecule has 0 radical (unpaired) electrons. The van der Waals surface area contributed by atoms with Crippen LogP contribution in [0, 0.1) is 17.8 Å². The van der Waals surface area contributed by atoms with Crippen molar-refractivity contribution in [1.82, 2.24) is 19.8 Å². The summed E-state index contributed by atoms with van der Waals surface area (Å²) < 4.78 is 10.1. The van der Waals surface area contributed by atoms with Crippen LogP contribution in [0.5, 0.6) is 0 Å². The number of ether oxygens (including phenoxy) is 2. The third-order valence-electron chi connectivity index (χ3n) is 8.99. The fourth-order valence-electron chi connectivity index (χ4n) is 5.47. The normalized spacial score (nSPS) is 17.5. The molecular weight excluding hydrogens is 630 g/mol. The lowest BCUT2D eigenvalue weighted by atomic mass is 9.84. The molecule has 50 heavy (non-hydrogen) atoms. The predicted octanol–water partition coefficient (Wildman–Crippen LogP) is 6.96. The van der Waals surface area contributed by atoms with Crippen LogP contribution in [0.4, 0.5) is 5.82 Å². The number of likely N-dealkylation sites (tertiary alicyclic amines) is 1. The molecule has 1 aromatic carbocycles. The Morgan fingerprint density at radius 3 is 2.26 bits per heavy atom. The minimum absolute atomic E-state index is 0.0417. The number of rotatable bonds is 11. The molecule has 1 aromatic heterocycles. The Morgan fingerprint density at radius 1 is 1.06 bits per heavy atom. The maximum Gasteiger partial charge on any atom is 0.227 e. The number of methoxy groups -OCH3 is 2. The van der Waals surface area contributed by atoms with Gasteiger partial charge in [-0.2, -0.15) is 0 Å². The maximum absolute atomic E-state index is 13.5. The monoisotopic (exact) mass is 695 g/mol. The van der Waals surface area contributed by atoms with Crippen molar-refractivity contribution in [2.75, 3.05) is 52.3 Å². The van der Waals surface area contributed by atoms with Crippen LogP contribution in [0.2, 0.25) is 0 Å². The molecule has 0 aliphatic carbocycles. The number of fused-ring (bicyclic) bond motifs is 1. The van der Waals surface area contributed by atoms with E-state index in [0.29, 0.717) is 63.0 Å². The van der Waals surface area contributed by atoms with Gasteiger partial charge in [-0.3, -0.25) is 14.4 Å². The molecule has 280 valence electrons. The maximum atomic E-state index is 13.5. The highest BCUT2D eigenvalue weighted by Gasteiger charge is 2.36. The molecule has 0 saturated carbocycles. The van der Waals surface area contributed by atoms with E-state index in [1.165, 1.54) is 17.5 Å². The number of ketones is 1. The second kappa shape index (κ2) is 20.5. The molecule has 2 aliphatic heterocycles. The number of Topliss-reactive ketones (excluding diaryl/α,β-unsaturated/α-hetero) is 1. The van der Waals surface area contributed by atoms with Crippen LogP contribution < -0.4 is 5.32 Å². The van der Waals surface area contributed by atoms with Crippen LogP contribution in [0.3, 0.4) is 0 Å². The number of carbonyl (C=O) groups is 3. The number of anilines is 1. The SMILES string of the molecule is CCC(C)C.COC(C)(C)C.COCCCNc1nc(C(C)(C)C)ncc1C(=O)CC1CC(C(=O)N2CCc3ccccc3C2)CN(C=O)C1. The Bertz CT molecular complexity index is 1350. The Labute approximate surface area is 302 Å². The lowest BCUT2D eigenvalue weighted by Crippen LogP contribution is -2.48. The minimum atomic E-state index is -0.321. The van der Waals surface area contributed by atoms with Gasteiger partial charge in [-0.1, -0.05) is 72.2 Å². The van der Waals surface area contributed by atoms with Crippen LogP contribution in [-0.2, 0) is 37.4 Å². The van der Waals surface area contributed by atoms with Crippen molar-refractivity contribution < 1.29 is 23.9 Å². The lowest BCUT2D eigenvalue weighted by molar-refractivity contribution is -0.140. The number of aromatic nitrogens is 2. The van der Waals surface area contributed by atoms with Gasteiger partial charge in [-0.05, 0) is 63.0 Å². The van der Waals surface area contributed by atoms with Crippen molar-refractivity contribution in [3.63, 3.8) is 0 Å². The van der Waals surface area contributed by atoms with Crippen LogP contribution in [0.1, 0.15) is 115 Å². The van der Waals surface area contributed by atoms with E-state index in [4.69, 9.17) is 14.5 Å². The number of carbonyl (C=O) groups excluding carboxylic acids is 3. The molecule has 4 rings (SSSR count). The average molecular weight is 696 g/mol. The molecule has 2 unspecified atom stereocenters. The van der Waals surface area contributed by atoms with E-state index in [9.17, 15) is 14.4 Å². The first-order valence-corrected chi connectivity index (χ1v) is 18.3. The highest BCUT2D eigenvalue weighted by atomic mass is 16.5. The predicted molar refractivity (Wildman–Crippen MR) is 201 cm³/mol. The molecule has 2 aliphatic rings. The lowest BCUT2D eigenvalue weighted by Gasteiger charge is -2.38. The molecule has 10 nitrogen and oxygen atoms in total. The number of hydrogen-bond acceptors (Lipinski definition) is 8. The molecule has 2 aromatic rings. The zero-order valence-electron chi connectivity index (χ0n) is 32.8. The fraction of sp³-hybridized carbons (Fsp3) is 0.675.